The number of pyridine rings is 1. The summed E-state index contributed by atoms with van der Waals surface area (Å²) in [4.78, 5) is 4.36. The molecule has 3 nitrogen and oxygen atoms in total. The Kier molecular flexibility index (Phi) is 3.31. The first kappa shape index (κ1) is 13.3. The van der Waals surface area contributed by atoms with Gasteiger partial charge in [0.05, 0.1) is 6.04 Å². The number of rotatable bonds is 2. The van der Waals surface area contributed by atoms with Crippen LogP contribution in [0.1, 0.15) is 23.1 Å². The van der Waals surface area contributed by atoms with Gasteiger partial charge in [-0.2, -0.15) is 0 Å². The molecule has 0 saturated heterocycles. The average Bonchev–Trinajstić information content (AvgIpc) is 2.83. The highest BCUT2D eigenvalue weighted by atomic mass is 79.9. The smallest absolute Gasteiger partial charge is 0.152 e. The fourth-order valence-corrected chi connectivity index (χ4v) is 2.48. The molecule has 1 atom stereocenters. The van der Waals surface area contributed by atoms with Crippen molar-refractivity contribution in [2.75, 3.05) is 0 Å². The Morgan fingerprint density at radius 3 is 2.85 bits per heavy atom. The van der Waals surface area contributed by atoms with Gasteiger partial charge in [0.15, 0.2) is 5.58 Å². The largest absolute Gasteiger partial charge is 0.457 e. The Morgan fingerprint density at radius 1 is 1.25 bits per heavy atom. The number of hydrogen-bond donors (Lipinski definition) is 1. The topological polar surface area (TPSA) is 52.0 Å². The summed E-state index contributed by atoms with van der Waals surface area (Å²) in [5.41, 5.74) is 8.76. The molecular formula is C15H12BrFN2O. The Bertz CT molecular complexity index is 785. The van der Waals surface area contributed by atoms with E-state index in [9.17, 15) is 4.39 Å². The summed E-state index contributed by atoms with van der Waals surface area (Å²) in [6.07, 6.45) is 0. The Hall–Kier alpha value is -1.72. The molecule has 0 bridgehead atoms. The Balaban J connectivity index is 2.07. The second kappa shape index (κ2) is 5.00. The van der Waals surface area contributed by atoms with Crippen LogP contribution in [-0.4, -0.2) is 4.98 Å². The minimum atomic E-state index is -0.665. The molecule has 1 unspecified atom stereocenters. The highest BCUT2D eigenvalue weighted by molar-refractivity contribution is 9.10. The van der Waals surface area contributed by atoms with Crippen molar-refractivity contribution in [1.82, 2.24) is 4.98 Å². The molecule has 0 fully saturated rings. The van der Waals surface area contributed by atoms with Crippen molar-refractivity contribution in [2.45, 2.75) is 13.0 Å². The first-order valence-electron chi connectivity index (χ1n) is 6.12. The molecule has 2 aromatic heterocycles. The van der Waals surface area contributed by atoms with Crippen molar-refractivity contribution in [3.63, 3.8) is 0 Å². The SMILES string of the molecule is Cc1ccc2oc(C(N)c3cc(Br)ccc3F)cc2n1. The Morgan fingerprint density at radius 2 is 2.05 bits per heavy atom. The Labute approximate surface area is 123 Å². The lowest BCUT2D eigenvalue weighted by atomic mass is 10.1. The third kappa shape index (κ3) is 2.34. The maximum Gasteiger partial charge on any atom is 0.152 e. The number of aryl methyl sites for hydroxylation is 1. The van der Waals surface area contributed by atoms with E-state index in [4.69, 9.17) is 10.2 Å². The molecule has 3 rings (SSSR count). The predicted molar refractivity (Wildman–Crippen MR) is 78.9 cm³/mol. The maximum atomic E-state index is 13.9. The molecule has 102 valence electrons. The fraction of sp³-hybridized carbons (Fsp3) is 0.133. The number of furan rings is 1. The van der Waals surface area contributed by atoms with Gasteiger partial charge in [0, 0.05) is 21.8 Å². The number of aromatic nitrogens is 1. The van der Waals surface area contributed by atoms with Crippen LogP contribution in [0.4, 0.5) is 4.39 Å². The van der Waals surface area contributed by atoms with Crippen LogP contribution in [0.25, 0.3) is 11.1 Å². The quantitative estimate of drug-likeness (QED) is 0.768. The molecule has 3 aromatic rings. The van der Waals surface area contributed by atoms with E-state index >= 15 is 0 Å². The van der Waals surface area contributed by atoms with Gasteiger partial charge in [0.25, 0.3) is 0 Å². The molecule has 2 heterocycles. The van der Waals surface area contributed by atoms with Gasteiger partial charge in [0.1, 0.15) is 17.1 Å². The minimum absolute atomic E-state index is 0.356. The van der Waals surface area contributed by atoms with E-state index in [1.165, 1.54) is 6.07 Å². The van der Waals surface area contributed by atoms with Crippen LogP contribution < -0.4 is 5.73 Å². The van der Waals surface area contributed by atoms with E-state index in [0.29, 0.717) is 16.9 Å². The monoisotopic (exact) mass is 334 g/mol. The first-order chi connectivity index (χ1) is 9.54. The van der Waals surface area contributed by atoms with Gasteiger partial charge in [-0.25, -0.2) is 9.37 Å². The van der Waals surface area contributed by atoms with Crippen molar-refractivity contribution in [3.05, 3.63) is 63.7 Å². The molecule has 0 amide bonds. The average molecular weight is 335 g/mol. The molecule has 0 saturated carbocycles. The van der Waals surface area contributed by atoms with Gasteiger partial charge < -0.3 is 10.2 Å². The fourth-order valence-electron chi connectivity index (χ4n) is 2.10. The number of nitrogens with two attached hydrogens (primary N) is 1. The zero-order chi connectivity index (χ0) is 14.3. The van der Waals surface area contributed by atoms with Gasteiger partial charge in [-0.15, -0.1) is 0 Å². The van der Waals surface area contributed by atoms with Crippen LogP contribution in [0.15, 0.2) is 45.3 Å². The normalized spacial score (nSPS) is 12.8. The van der Waals surface area contributed by atoms with Crippen LogP contribution in [0, 0.1) is 12.7 Å². The third-order valence-corrected chi connectivity index (χ3v) is 3.62. The van der Waals surface area contributed by atoms with Crippen molar-refractivity contribution < 1.29 is 8.81 Å². The summed E-state index contributed by atoms with van der Waals surface area (Å²) in [6, 6.07) is 9.46. The summed E-state index contributed by atoms with van der Waals surface area (Å²) in [7, 11) is 0. The molecular weight excluding hydrogens is 323 g/mol. The predicted octanol–water partition coefficient (Wildman–Crippen LogP) is 4.09. The number of nitrogens with zero attached hydrogens (tertiary/aromatic N) is 1. The molecule has 0 aliphatic rings. The highest BCUT2D eigenvalue weighted by Gasteiger charge is 2.18. The second-order valence-electron chi connectivity index (χ2n) is 4.63. The van der Waals surface area contributed by atoms with E-state index < -0.39 is 6.04 Å². The molecule has 2 N–H and O–H groups in total. The highest BCUT2D eigenvalue weighted by Crippen LogP contribution is 2.29. The van der Waals surface area contributed by atoms with E-state index in [1.54, 1.807) is 18.2 Å². The van der Waals surface area contributed by atoms with Gasteiger partial charge in [-0.05, 0) is 37.3 Å². The number of benzene rings is 1. The molecule has 1 aromatic carbocycles. The van der Waals surface area contributed by atoms with Crippen LogP contribution in [0.5, 0.6) is 0 Å². The standard InChI is InChI=1S/C15H12BrFN2O/c1-8-2-5-13-12(19-8)7-14(20-13)15(18)10-6-9(16)3-4-11(10)17/h2-7,15H,18H2,1H3. The molecule has 0 spiro atoms. The third-order valence-electron chi connectivity index (χ3n) is 3.13. The summed E-state index contributed by atoms with van der Waals surface area (Å²) in [6.45, 7) is 1.90. The van der Waals surface area contributed by atoms with Crippen molar-refractivity contribution in [2.24, 2.45) is 5.73 Å². The molecule has 0 aliphatic carbocycles. The summed E-state index contributed by atoms with van der Waals surface area (Å²) < 4.78 is 20.3. The summed E-state index contributed by atoms with van der Waals surface area (Å²) in [5, 5.41) is 0. The first-order valence-corrected chi connectivity index (χ1v) is 6.91. The van der Waals surface area contributed by atoms with E-state index in [-0.39, 0.29) is 5.82 Å². The molecule has 5 heteroatoms. The van der Waals surface area contributed by atoms with Gasteiger partial charge in [-0.3, -0.25) is 0 Å². The van der Waals surface area contributed by atoms with E-state index in [1.807, 2.05) is 19.1 Å². The van der Waals surface area contributed by atoms with Crippen LogP contribution >= 0.6 is 15.9 Å². The van der Waals surface area contributed by atoms with Crippen LogP contribution in [-0.2, 0) is 0 Å². The van der Waals surface area contributed by atoms with Crippen LogP contribution in [0.3, 0.4) is 0 Å². The lowest BCUT2D eigenvalue weighted by Gasteiger charge is -2.10. The van der Waals surface area contributed by atoms with Gasteiger partial charge >= 0.3 is 0 Å². The zero-order valence-electron chi connectivity index (χ0n) is 10.7. The minimum Gasteiger partial charge on any atom is -0.457 e. The van der Waals surface area contributed by atoms with E-state index in [2.05, 4.69) is 20.9 Å². The molecule has 0 aliphatic heterocycles. The lowest BCUT2D eigenvalue weighted by molar-refractivity contribution is 0.510. The molecule has 20 heavy (non-hydrogen) atoms. The number of hydrogen-bond acceptors (Lipinski definition) is 3. The zero-order valence-corrected chi connectivity index (χ0v) is 12.3. The van der Waals surface area contributed by atoms with Crippen molar-refractivity contribution in [1.29, 1.82) is 0 Å². The molecule has 0 radical (unpaired) electrons. The van der Waals surface area contributed by atoms with Gasteiger partial charge in [0.2, 0.25) is 0 Å². The second-order valence-corrected chi connectivity index (χ2v) is 5.54. The maximum absolute atomic E-state index is 13.9. The lowest BCUT2D eigenvalue weighted by Crippen LogP contribution is -2.12. The van der Waals surface area contributed by atoms with E-state index in [0.717, 1.165) is 15.7 Å². The van der Waals surface area contributed by atoms with Crippen molar-refractivity contribution in [3.8, 4) is 0 Å². The summed E-state index contributed by atoms with van der Waals surface area (Å²) >= 11 is 3.32. The number of halogens is 2. The van der Waals surface area contributed by atoms with Gasteiger partial charge in [-0.1, -0.05) is 15.9 Å². The van der Waals surface area contributed by atoms with Crippen LogP contribution in [0.2, 0.25) is 0 Å². The number of fused-ring (bicyclic) bond motifs is 1. The summed E-state index contributed by atoms with van der Waals surface area (Å²) in [5.74, 6) is 0.139. The van der Waals surface area contributed by atoms with Crippen molar-refractivity contribution >= 4 is 27.0 Å².